The number of carboxylic acid groups (broad SMARTS) is 1. The zero-order chi connectivity index (χ0) is 18.0. The molecule has 1 aromatic carbocycles. The van der Waals surface area contributed by atoms with Gasteiger partial charge in [-0.1, -0.05) is 30.5 Å². The fourth-order valence-corrected chi connectivity index (χ4v) is 5.39. The lowest BCUT2D eigenvalue weighted by Gasteiger charge is -2.42. The molecule has 6 nitrogen and oxygen atoms in total. The van der Waals surface area contributed by atoms with Gasteiger partial charge in [0, 0.05) is 32.2 Å². The topological polar surface area (TPSA) is 77.9 Å². The summed E-state index contributed by atoms with van der Waals surface area (Å²) in [5.74, 6) is -1.05. The number of piperazine rings is 1. The Labute approximate surface area is 149 Å². The van der Waals surface area contributed by atoms with Gasteiger partial charge in [0.15, 0.2) is 0 Å². The number of carbonyl (C=O) groups is 1. The fraction of sp³-hybridized carbons (Fsp3) is 0.611. The molecule has 1 heterocycles. The summed E-state index contributed by atoms with van der Waals surface area (Å²) in [4.78, 5) is 14.0. The molecular weight excluding hydrogens is 340 g/mol. The van der Waals surface area contributed by atoms with Crippen molar-refractivity contribution >= 4 is 16.0 Å². The molecule has 2 aliphatic rings. The zero-order valence-electron chi connectivity index (χ0n) is 14.6. The Morgan fingerprint density at radius 1 is 1.04 bits per heavy atom. The Hall–Kier alpha value is -1.44. The minimum absolute atomic E-state index is 0.0375. The monoisotopic (exact) mass is 366 g/mol. The average Bonchev–Trinajstić information content (AvgIpc) is 2.62. The molecule has 0 aromatic heterocycles. The highest BCUT2D eigenvalue weighted by Gasteiger charge is 2.37. The van der Waals surface area contributed by atoms with Crippen LogP contribution in [0.3, 0.4) is 0 Å². The molecule has 1 N–H and O–H groups in total. The Morgan fingerprint density at radius 2 is 1.64 bits per heavy atom. The van der Waals surface area contributed by atoms with Crippen molar-refractivity contribution in [1.82, 2.24) is 9.21 Å². The molecule has 2 fully saturated rings. The third kappa shape index (κ3) is 3.88. The molecule has 7 heteroatoms. The van der Waals surface area contributed by atoms with Crippen LogP contribution in [-0.2, 0) is 14.8 Å². The summed E-state index contributed by atoms with van der Waals surface area (Å²) in [7, 11) is -3.47. The summed E-state index contributed by atoms with van der Waals surface area (Å²) < 4.78 is 27.1. The maximum atomic E-state index is 12.8. The van der Waals surface area contributed by atoms with Crippen LogP contribution in [0.2, 0.25) is 0 Å². The lowest BCUT2D eigenvalue weighted by molar-refractivity contribution is -0.146. The second-order valence-electron chi connectivity index (χ2n) is 7.05. The molecule has 138 valence electrons. The number of rotatable bonds is 4. The van der Waals surface area contributed by atoms with Crippen LogP contribution < -0.4 is 0 Å². The summed E-state index contributed by atoms with van der Waals surface area (Å²) in [6.45, 7) is 3.95. The summed E-state index contributed by atoms with van der Waals surface area (Å²) in [6, 6.07) is 6.96. The number of hydrogen-bond donors (Lipinski definition) is 1. The lowest BCUT2D eigenvalue weighted by atomic mass is 9.83. The summed E-state index contributed by atoms with van der Waals surface area (Å²) >= 11 is 0. The van der Waals surface area contributed by atoms with Crippen LogP contribution in [0.5, 0.6) is 0 Å². The molecule has 0 bridgehead atoms. The molecule has 1 aromatic rings. The zero-order valence-corrected chi connectivity index (χ0v) is 15.4. The minimum atomic E-state index is -3.47. The van der Waals surface area contributed by atoms with Gasteiger partial charge < -0.3 is 5.11 Å². The van der Waals surface area contributed by atoms with Crippen LogP contribution in [0.15, 0.2) is 29.2 Å². The van der Waals surface area contributed by atoms with E-state index in [0.29, 0.717) is 31.1 Å². The van der Waals surface area contributed by atoms with Crippen LogP contribution in [0.4, 0.5) is 0 Å². The Bertz CT molecular complexity index is 709. The highest BCUT2D eigenvalue weighted by Crippen LogP contribution is 2.30. The van der Waals surface area contributed by atoms with E-state index in [4.69, 9.17) is 0 Å². The fourth-order valence-electron chi connectivity index (χ4n) is 3.97. The largest absolute Gasteiger partial charge is 0.481 e. The van der Waals surface area contributed by atoms with Crippen molar-refractivity contribution in [2.45, 2.75) is 43.5 Å². The lowest BCUT2D eigenvalue weighted by Crippen LogP contribution is -2.55. The maximum absolute atomic E-state index is 12.8. The van der Waals surface area contributed by atoms with Crippen molar-refractivity contribution in [3.8, 4) is 0 Å². The smallest absolute Gasteiger partial charge is 0.308 e. The number of hydrogen-bond acceptors (Lipinski definition) is 4. The Morgan fingerprint density at radius 3 is 2.24 bits per heavy atom. The van der Waals surface area contributed by atoms with Gasteiger partial charge in [0.2, 0.25) is 10.0 Å². The van der Waals surface area contributed by atoms with E-state index in [9.17, 15) is 18.3 Å². The standard InChI is InChI=1S/C18H26N2O4S/c1-14-6-8-15(9-7-14)25(23,24)20-12-10-19(11-13-20)17-5-3-2-4-16(17)18(21)22/h6-9,16-17H,2-5,10-13H2,1H3,(H,21,22)/t16-,17?/m1/s1. The van der Waals surface area contributed by atoms with Gasteiger partial charge in [0.25, 0.3) is 0 Å². The van der Waals surface area contributed by atoms with Crippen LogP contribution in [-0.4, -0.2) is 60.9 Å². The van der Waals surface area contributed by atoms with E-state index in [1.165, 1.54) is 4.31 Å². The molecule has 1 saturated carbocycles. The van der Waals surface area contributed by atoms with Crippen molar-refractivity contribution in [2.24, 2.45) is 5.92 Å². The number of carboxylic acids is 1. The predicted octanol–water partition coefficient (Wildman–Crippen LogP) is 1.94. The van der Waals surface area contributed by atoms with Gasteiger partial charge >= 0.3 is 5.97 Å². The number of benzene rings is 1. The Balaban J connectivity index is 1.67. The van der Waals surface area contributed by atoms with Crippen LogP contribution in [0, 0.1) is 12.8 Å². The SMILES string of the molecule is Cc1ccc(S(=O)(=O)N2CCN(C3CCCC[C@H]3C(=O)O)CC2)cc1. The van der Waals surface area contributed by atoms with Crippen LogP contribution in [0.1, 0.15) is 31.2 Å². The third-order valence-corrected chi connectivity index (χ3v) is 7.36. The second kappa shape index (κ2) is 7.43. The number of sulfonamides is 1. The van der Waals surface area contributed by atoms with E-state index in [2.05, 4.69) is 4.90 Å². The molecule has 3 rings (SSSR count). The summed E-state index contributed by atoms with van der Waals surface area (Å²) in [5, 5.41) is 9.46. The molecule has 0 spiro atoms. The van der Waals surface area contributed by atoms with E-state index in [-0.39, 0.29) is 12.0 Å². The van der Waals surface area contributed by atoms with Gasteiger partial charge in [0.05, 0.1) is 10.8 Å². The van der Waals surface area contributed by atoms with E-state index in [1.54, 1.807) is 12.1 Å². The highest BCUT2D eigenvalue weighted by molar-refractivity contribution is 7.89. The Kier molecular flexibility index (Phi) is 5.46. The predicted molar refractivity (Wildman–Crippen MR) is 94.9 cm³/mol. The molecule has 1 aliphatic carbocycles. The highest BCUT2D eigenvalue weighted by atomic mass is 32.2. The quantitative estimate of drug-likeness (QED) is 0.881. The molecule has 0 radical (unpaired) electrons. The molecule has 25 heavy (non-hydrogen) atoms. The van der Waals surface area contributed by atoms with E-state index >= 15 is 0 Å². The van der Waals surface area contributed by atoms with Gasteiger partial charge in [-0.05, 0) is 31.9 Å². The first-order chi connectivity index (χ1) is 11.9. The van der Waals surface area contributed by atoms with Crippen molar-refractivity contribution in [2.75, 3.05) is 26.2 Å². The first-order valence-corrected chi connectivity index (χ1v) is 10.4. The molecule has 1 aliphatic heterocycles. The first-order valence-electron chi connectivity index (χ1n) is 8.93. The third-order valence-electron chi connectivity index (χ3n) is 5.45. The molecule has 1 saturated heterocycles. The average molecular weight is 366 g/mol. The van der Waals surface area contributed by atoms with E-state index in [0.717, 1.165) is 31.2 Å². The van der Waals surface area contributed by atoms with Gasteiger partial charge in [-0.2, -0.15) is 4.31 Å². The maximum Gasteiger partial charge on any atom is 0.308 e. The number of aliphatic carboxylic acids is 1. The van der Waals surface area contributed by atoms with Crippen molar-refractivity contribution < 1.29 is 18.3 Å². The van der Waals surface area contributed by atoms with Gasteiger partial charge in [-0.15, -0.1) is 0 Å². The van der Waals surface area contributed by atoms with Crippen molar-refractivity contribution in [3.05, 3.63) is 29.8 Å². The van der Waals surface area contributed by atoms with Gasteiger partial charge in [0.1, 0.15) is 0 Å². The molecular formula is C18H26N2O4S. The first kappa shape index (κ1) is 18.4. The number of aryl methyl sites for hydroxylation is 1. The van der Waals surface area contributed by atoms with Crippen molar-refractivity contribution in [1.29, 1.82) is 0 Å². The minimum Gasteiger partial charge on any atom is -0.481 e. The van der Waals surface area contributed by atoms with Crippen LogP contribution in [0.25, 0.3) is 0 Å². The second-order valence-corrected chi connectivity index (χ2v) is 8.99. The van der Waals surface area contributed by atoms with E-state index in [1.807, 2.05) is 19.1 Å². The van der Waals surface area contributed by atoms with Gasteiger partial charge in [-0.25, -0.2) is 8.42 Å². The number of nitrogens with zero attached hydrogens (tertiary/aromatic N) is 2. The van der Waals surface area contributed by atoms with Crippen molar-refractivity contribution in [3.63, 3.8) is 0 Å². The normalized spacial score (nSPS) is 26.4. The summed E-state index contributed by atoms with van der Waals surface area (Å²) in [5.41, 5.74) is 1.03. The molecule has 0 amide bonds. The van der Waals surface area contributed by atoms with Crippen LogP contribution >= 0.6 is 0 Å². The molecule has 1 unspecified atom stereocenters. The van der Waals surface area contributed by atoms with E-state index < -0.39 is 16.0 Å². The molecule has 2 atom stereocenters. The summed E-state index contributed by atoms with van der Waals surface area (Å²) in [6.07, 6.45) is 3.63. The van der Waals surface area contributed by atoms with Gasteiger partial charge in [-0.3, -0.25) is 9.69 Å².